The molecular formula is C16H10O2. The van der Waals surface area contributed by atoms with Gasteiger partial charge in [-0.15, -0.1) is 0 Å². The molecule has 0 aliphatic heterocycles. The van der Waals surface area contributed by atoms with Crippen LogP contribution >= 0.6 is 0 Å². The van der Waals surface area contributed by atoms with E-state index in [2.05, 4.69) is 6.07 Å². The first-order chi connectivity index (χ1) is 8.78. The van der Waals surface area contributed by atoms with Crippen LogP contribution in [0, 0.1) is 0 Å². The maximum absolute atomic E-state index is 12.4. The van der Waals surface area contributed by atoms with Gasteiger partial charge in [0.25, 0.3) is 0 Å². The smallest absolute Gasteiger partial charge is 0.174 e. The molecule has 0 fully saturated rings. The molecule has 0 aromatic heterocycles. The Bertz CT molecular complexity index is 747. The standard InChI is InChI=1S/C16H10O2/c17-14-12-8-4-1-2-6-10(8)16(15(14)18)11-7-3-5-9(12)13(11)16/h1-7,12,15,18H. The van der Waals surface area contributed by atoms with Crippen molar-refractivity contribution in [1.29, 1.82) is 0 Å². The largest absolute Gasteiger partial charge is 0.384 e. The molecule has 2 aromatic carbocycles. The van der Waals surface area contributed by atoms with E-state index >= 15 is 0 Å². The number of benzene rings is 2. The van der Waals surface area contributed by atoms with Crippen LogP contribution in [-0.4, -0.2) is 17.0 Å². The number of hydrogen-bond acceptors (Lipinski definition) is 2. The van der Waals surface area contributed by atoms with E-state index in [9.17, 15) is 9.90 Å². The number of fused-ring (bicyclic) bond motifs is 1. The lowest BCUT2D eigenvalue weighted by molar-refractivity contribution is -0.130. The van der Waals surface area contributed by atoms with Crippen molar-refractivity contribution in [3.8, 4) is 0 Å². The summed E-state index contributed by atoms with van der Waals surface area (Å²) in [6.45, 7) is 0. The Kier molecular flexibility index (Phi) is 1.22. The maximum Gasteiger partial charge on any atom is 0.174 e. The molecule has 0 saturated carbocycles. The normalized spacial score (nSPS) is 33.1. The highest BCUT2D eigenvalue weighted by Gasteiger charge is 2.69. The molecule has 0 radical (unpaired) electrons. The van der Waals surface area contributed by atoms with E-state index < -0.39 is 11.5 Å². The lowest BCUT2D eigenvalue weighted by Gasteiger charge is -2.39. The van der Waals surface area contributed by atoms with Crippen LogP contribution in [0.15, 0.2) is 42.5 Å². The Balaban J connectivity index is 2.00. The van der Waals surface area contributed by atoms with Crippen molar-refractivity contribution in [2.45, 2.75) is 17.4 Å². The van der Waals surface area contributed by atoms with Gasteiger partial charge in [-0.1, -0.05) is 42.5 Å². The fourth-order valence-electron chi connectivity index (χ4n) is 4.15. The van der Waals surface area contributed by atoms with E-state index in [1.807, 2.05) is 36.4 Å². The van der Waals surface area contributed by atoms with Gasteiger partial charge in [-0.2, -0.15) is 0 Å². The van der Waals surface area contributed by atoms with Gasteiger partial charge in [-0.3, -0.25) is 4.79 Å². The number of aliphatic hydroxyl groups is 1. The first-order valence-electron chi connectivity index (χ1n) is 6.23. The molecule has 6 rings (SSSR count). The van der Waals surface area contributed by atoms with Crippen molar-refractivity contribution < 1.29 is 9.90 Å². The molecule has 1 spiro atoms. The summed E-state index contributed by atoms with van der Waals surface area (Å²) in [6, 6.07) is 14.1. The predicted octanol–water partition coefficient (Wildman–Crippen LogP) is 1.72. The Hall–Kier alpha value is -1.93. The fourth-order valence-corrected chi connectivity index (χ4v) is 4.15. The molecule has 2 nitrogen and oxygen atoms in total. The first-order valence-corrected chi connectivity index (χ1v) is 6.23. The van der Waals surface area contributed by atoms with Crippen molar-refractivity contribution in [3.63, 3.8) is 0 Å². The Morgan fingerprint density at radius 3 is 2.56 bits per heavy atom. The van der Waals surface area contributed by atoms with Crippen LogP contribution in [0.1, 0.15) is 33.7 Å². The summed E-state index contributed by atoms with van der Waals surface area (Å²) < 4.78 is 0. The predicted molar refractivity (Wildman–Crippen MR) is 65.6 cm³/mol. The van der Waals surface area contributed by atoms with E-state index in [1.165, 1.54) is 5.56 Å². The lowest BCUT2D eigenvalue weighted by Crippen LogP contribution is -2.47. The molecular weight excluding hydrogens is 224 g/mol. The van der Waals surface area contributed by atoms with E-state index in [0.717, 1.165) is 22.3 Å². The van der Waals surface area contributed by atoms with Crippen molar-refractivity contribution in [2.75, 3.05) is 0 Å². The first kappa shape index (κ1) is 9.06. The maximum atomic E-state index is 12.4. The van der Waals surface area contributed by atoms with Gasteiger partial charge >= 0.3 is 0 Å². The monoisotopic (exact) mass is 234 g/mol. The van der Waals surface area contributed by atoms with Gasteiger partial charge in [0.2, 0.25) is 0 Å². The molecule has 2 bridgehead atoms. The molecule has 3 unspecified atom stereocenters. The zero-order valence-corrected chi connectivity index (χ0v) is 9.55. The molecule has 2 heteroatoms. The summed E-state index contributed by atoms with van der Waals surface area (Å²) in [6.07, 6.45) is -0.887. The van der Waals surface area contributed by atoms with Gasteiger partial charge in [-0.25, -0.2) is 0 Å². The summed E-state index contributed by atoms with van der Waals surface area (Å²) in [5.41, 5.74) is 5.19. The molecule has 0 amide bonds. The van der Waals surface area contributed by atoms with Gasteiger partial charge in [0.1, 0.15) is 6.10 Å². The quantitative estimate of drug-likeness (QED) is 0.753. The number of Topliss-reactive ketones (excluding diaryl/α,β-unsaturated/α-hetero) is 1. The number of ketones is 1. The lowest BCUT2D eigenvalue weighted by atomic mass is 9.63. The molecule has 4 aliphatic rings. The van der Waals surface area contributed by atoms with Crippen LogP contribution in [0.3, 0.4) is 0 Å². The summed E-state index contributed by atoms with van der Waals surface area (Å²) in [5, 5.41) is 10.4. The molecule has 2 aromatic rings. The summed E-state index contributed by atoms with van der Waals surface area (Å²) >= 11 is 0. The van der Waals surface area contributed by atoms with E-state index in [0.29, 0.717) is 0 Å². The van der Waals surface area contributed by atoms with Gasteiger partial charge in [0.05, 0.1) is 11.3 Å². The van der Waals surface area contributed by atoms with Gasteiger partial charge in [-0.05, 0) is 27.8 Å². The Labute approximate surface area is 104 Å². The molecule has 0 saturated heterocycles. The zero-order chi connectivity index (χ0) is 12.1. The molecule has 3 atom stereocenters. The average molecular weight is 234 g/mol. The van der Waals surface area contributed by atoms with Crippen molar-refractivity contribution in [1.82, 2.24) is 0 Å². The van der Waals surface area contributed by atoms with E-state index in [-0.39, 0.29) is 11.7 Å². The van der Waals surface area contributed by atoms with Crippen LogP contribution in [0.4, 0.5) is 0 Å². The molecule has 18 heavy (non-hydrogen) atoms. The zero-order valence-electron chi connectivity index (χ0n) is 9.55. The fraction of sp³-hybridized carbons (Fsp3) is 0.188. The van der Waals surface area contributed by atoms with Gasteiger partial charge in [0.15, 0.2) is 5.78 Å². The summed E-state index contributed by atoms with van der Waals surface area (Å²) in [4.78, 5) is 12.4. The second-order valence-corrected chi connectivity index (χ2v) is 5.40. The number of rotatable bonds is 0. The van der Waals surface area contributed by atoms with Crippen LogP contribution in [0.25, 0.3) is 0 Å². The highest BCUT2D eigenvalue weighted by molar-refractivity contribution is 6.05. The van der Waals surface area contributed by atoms with Crippen molar-refractivity contribution in [2.24, 2.45) is 0 Å². The van der Waals surface area contributed by atoms with Gasteiger partial charge < -0.3 is 5.11 Å². The molecule has 4 aliphatic carbocycles. The third kappa shape index (κ3) is 0.644. The van der Waals surface area contributed by atoms with E-state index in [4.69, 9.17) is 0 Å². The number of aliphatic hydroxyl groups excluding tert-OH is 1. The third-order valence-corrected chi connectivity index (χ3v) is 4.83. The highest BCUT2D eigenvalue weighted by atomic mass is 16.3. The summed E-state index contributed by atoms with van der Waals surface area (Å²) in [7, 11) is 0. The minimum absolute atomic E-state index is 0.0394. The van der Waals surface area contributed by atoms with E-state index in [1.54, 1.807) is 0 Å². The number of carbonyl (C=O) groups excluding carboxylic acids is 1. The summed E-state index contributed by atoms with van der Waals surface area (Å²) in [5.74, 6) is -0.294. The minimum Gasteiger partial charge on any atom is -0.384 e. The highest BCUT2D eigenvalue weighted by Crippen LogP contribution is 2.68. The second kappa shape index (κ2) is 2.43. The van der Waals surface area contributed by atoms with Crippen LogP contribution in [0.2, 0.25) is 0 Å². The van der Waals surface area contributed by atoms with Crippen molar-refractivity contribution >= 4 is 5.78 Å². The Morgan fingerprint density at radius 1 is 0.944 bits per heavy atom. The SMILES string of the molecule is O=C1C2c3ccccc3C3(c4cccc2c43)C1O. The number of carbonyl (C=O) groups is 1. The molecule has 0 heterocycles. The van der Waals surface area contributed by atoms with Crippen LogP contribution in [0.5, 0.6) is 0 Å². The Morgan fingerprint density at radius 2 is 1.67 bits per heavy atom. The third-order valence-electron chi connectivity index (χ3n) is 4.83. The average Bonchev–Trinajstić information content (AvgIpc) is 3.09. The topological polar surface area (TPSA) is 37.3 Å². The molecule has 86 valence electrons. The molecule has 1 N–H and O–H groups in total. The van der Waals surface area contributed by atoms with Crippen LogP contribution < -0.4 is 0 Å². The second-order valence-electron chi connectivity index (χ2n) is 5.40. The number of hydrogen-bond donors (Lipinski definition) is 1. The van der Waals surface area contributed by atoms with Crippen LogP contribution in [-0.2, 0) is 10.2 Å². The van der Waals surface area contributed by atoms with Gasteiger partial charge in [0, 0.05) is 0 Å². The minimum atomic E-state index is -0.887. The van der Waals surface area contributed by atoms with Crippen molar-refractivity contribution in [3.05, 3.63) is 70.3 Å².